The number of halogens is 1. The topological polar surface area (TPSA) is 97.6 Å². The monoisotopic (exact) mass is 442 g/mol. The Kier molecular flexibility index (Phi) is 6.97. The number of hydrogen-bond acceptors (Lipinski definition) is 5. The lowest BCUT2D eigenvalue weighted by atomic mass is 10.0. The zero-order valence-corrected chi connectivity index (χ0v) is 18.3. The molecule has 7 nitrogen and oxygen atoms in total. The number of rotatable bonds is 6. The molecule has 0 saturated heterocycles. The summed E-state index contributed by atoms with van der Waals surface area (Å²) in [6.07, 6.45) is 0.209. The molecule has 2 amide bonds. The predicted molar refractivity (Wildman–Crippen MR) is 118 cm³/mol. The first kappa shape index (κ1) is 22.4. The molecule has 3 aromatic rings. The van der Waals surface area contributed by atoms with Crippen molar-refractivity contribution in [3.8, 4) is 5.75 Å². The standard InChI is InChI=1S/C23H23ClN2O5/c1-13-4-6-17-15(3)18(23(29)31-20(17)10-13)7-9-21(27)25-26-22(28)12-30-16-5-8-19(24)14(2)11-16/h4-6,8,10-11H,7,9,12H2,1-3H3,(H,25,27)(H,26,28). The Morgan fingerprint density at radius 1 is 1.03 bits per heavy atom. The van der Waals surface area contributed by atoms with Crippen molar-refractivity contribution in [2.45, 2.75) is 33.6 Å². The van der Waals surface area contributed by atoms with Crippen molar-refractivity contribution in [2.75, 3.05) is 6.61 Å². The maximum atomic E-state index is 12.3. The van der Waals surface area contributed by atoms with Crippen LogP contribution in [0.5, 0.6) is 5.75 Å². The zero-order chi connectivity index (χ0) is 22.5. The van der Waals surface area contributed by atoms with Crippen molar-refractivity contribution in [3.63, 3.8) is 0 Å². The van der Waals surface area contributed by atoms with E-state index in [1.54, 1.807) is 18.2 Å². The molecule has 2 N–H and O–H groups in total. The number of benzene rings is 2. The van der Waals surface area contributed by atoms with E-state index in [-0.39, 0.29) is 19.4 Å². The van der Waals surface area contributed by atoms with Crippen LogP contribution in [0.15, 0.2) is 45.6 Å². The van der Waals surface area contributed by atoms with E-state index >= 15 is 0 Å². The molecule has 0 atom stereocenters. The number of fused-ring (bicyclic) bond motifs is 1. The molecule has 0 fully saturated rings. The van der Waals surface area contributed by atoms with Gasteiger partial charge in [-0.1, -0.05) is 23.7 Å². The Morgan fingerprint density at radius 2 is 1.77 bits per heavy atom. The Balaban J connectivity index is 1.51. The van der Waals surface area contributed by atoms with Gasteiger partial charge < -0.3 is 9.15 Å². The highest BCUT2D eigenvalue weighted by Gasteiger charge is 2.14. The molecule has 162 valence electrons. The molecule has 0 saturated carbocycles. The molecule has 0 aliphatic carbocycles. The van der Waals surface area contributed by atoms with Crippen molar-refractivity contribution < 1.29 is 18.7 Å². The van der Waals surface area contributed by atoms with Crippen molar-refractivity contribution in [1.82, 2.24) is 10.9 Å². The molecular weight excluding hydrogens is 420 g/mol. The van der Waals surface area contributed by atoms with Gasteiger partial charge in [-0.25, -0.2) is 4.79 Å². The Hall–Kier alpha value is -3.32. The van der Waals surface area contributed by atoms with Gasteiger partial charge in [-0.15, -0.1) is 0 Å². The lowest BCUT2D eigenvalue weighted by Gasteiger charge is -2.10. The van der Waals surface area contributed by atoms with Crippen molar-refractivity contribution in [2.24, 2.45) is 0 Å². The second kappa shape index (κ2) is 9.66. The van der Waals surface area contributed by atoms with E-state index in [1.165, 1.54) is 0 Å². The molecule has 0 aliphatic rings. The first-order chi connectivity index (χ1) is 14.7. The normalized spacial score (nSPS) is 10.7. The smallest absolute Gasteiger partial charge is 0.339 e. The van der Waals surface area contributed by atoms with Crippen LogP contribution in [0, 0.1) is 20.8 Å². The molecule has 3 rings (SSSR count). The maximum absolute atomic E-state index is 12.3. The minimum Gasteiger partial charge on any atom is -0.484 e. The number of amides is 2. The third-order valence-electron chi connectivity index (χ3n) is 4.89. The fourth-order valence-electron chi connectivity index (χ4n) is 3.12. The van der Waals surface area contributed by atoms with E-state index in [4.69, 9.17) is 20.8 Å². The predicted octanol–water partition coefficient (Wildman–Crippen LogP) is 3.53. The number of ether oxygens (including phenoxy) is 1. The SMILES string of the molecule is Cc1ccc2c(C)c(CCC(=O)NNC(=O)COc3ccc(Cl)c(C)c3)c(=O)oc2c1. The van der Waals surface area contributed by atoms with Crippen LogP contribution < -0.4 is 21.2 Å². The number of nitrogens with one attached hydrogen (secondary N) is 2. The summed E-state index contributed by atoms with van der Waals surface area (Å²) >= 11 is 5.95. The zero-order valence-electron chi connectivity index (χ0n) is 17.5. The van der Waals surface area contributed by atoms with E-state index in [0.717, 1.165) is 22.1 Å². The van der Waals surface area contributed by atoms with Gasteiger partial charge in [0.2, 0.25) is 5.91 Å². The van der Waals surface area contributed by atoms with Crippen LogP contribution in [0.1, 0.15) is 28.7 Å². The van der Waals surface area contributed by atoms with Gasteiger partial charge in [0.25, 0.3) is 5.91 Å². The second-order valence-corrected chi connectivity index (χ2v) is 7.70. The van der Waals surface area contributed by atoms with Gasteiger partial charge >= 0.3 is 5.63 Å². The molecule has 8 heteroatoms. The number of aryl methyl sites for hydroxylation is 3. The first-order valence-corrected chi connectivity index (χ1v) is 10.1. The van der Waals surface area contributed by atoms with Gasteiger partial charge in [-0.2, -0.15) is 0 Å². The Morgan fingerprint density at radius 3 is 2.52 bits per heavy atom. The summed E-state index contributed by atoms with van der Waals surface area (Å²) in [5.74, 6) is -0.451. The number of hydrogen-bond donors (Lipinski definition) is 2. The molecule has 0 bridgehead atoms. The van der Waals surface area contributed by atoms with Gasteiger partial charge in [0.15, 0.2) is 6.61 Å². The molecule has 1 aromatic heterocycles. The van der Waals surface area contributed by atoms with Gasteiger partial charge in [-0.05, 0) is 68.1 Å². The highest BCUT2D eigenvalue weighted by atomic mass is 35.5. The molecule has 31 heavy (non-hydrogen) atoms. The minimum absolute atomic E-state index is 0.0144. The van der Waals surface area contributed by atoms with Gasteiger partial charge in [0, 0.05) is 22.4 Å². The minimum atomic E-state index is -0.516. The van der Waals surface area contributed by atoms with Crippen LogP contribution in [-0.4, -0.2) is 18.4 Å². The molecule has 1 heterocycles. The third-order valence-corrected chi connectivity index (χ3v) is 5.31. The first-order valence-electron chi connectivity index (χ1n) is 9.74. The van der Waals surface area contributed by atoms with Crippen molar-refractivity contribution in [3.05, 3.63) is 74.1 Å². The third kappa shape index (κ3) is 5.64. The maximum Gasteiger partial charge on any atom is 0.339 e. The summed E-state index contributed by atoms with van der Waals surface area (Å²) in [4.78, 5) is 36.3. The summed E-state index contributed by atoms with van der Waals surface area (Å²) in [5, 5.41) is 1.44. The van der Waals surface area contributed by atoms with E-state index in [0.29, 0.717) is 21.9 Å². The molecule has 0 radical (unpaired) electrons. The van der Waals surface area contributed by atoms with E-state index in [9.17, 15) is 14.4 Å². The lowest BCUT2D eigenvalue weighted by Crippen LogP contribution is -2.44. The average molecular weight is 443 g/mol. The molecule has 0 aliphatic heterocycles. The summed E-state index contributed by atoms with van der Waals surface area (Å²) < 4.78 is 10.8. The number of hydrazine groups is 1. The molecule has 0 unspecified atom stereocenters. The van der Waals surface area contributed by atoms with E-state index in [2.05, 4.69) is 10.9 Å². The van der Waals surface area contributed by atoms with Gasteiger partial charge in [0.1, 0.15) is 11.3 Å². The lowest BCUT2D eigenvalue weighted by molar-refractivity contribution is -0.130. The number of carbonyl (C=O) groups is 2. The quantitative estimate of drug-likeness (QED) is 0.449. The van der Waals surface area contributed by atoms with Gasteiger partial charge in [0.05, 0.1) is 0 Å². The molecular formula is C23H23ClN2O5. The average Bonchev–Trinajstić information content (AvgIpc) is 2.72. The highest BCUT2D eigenvalue weighted by Crippen LogP contribution is 2.22. The Bertz CT molecular complexity index is 1200. The van der Waals surface area contributed by atoms with Crippen molar-refractivity contribution >= 4 is 34.4 Å². The van der Waals surface area contributed by atoms with Crippen LogP contribution in [0.2, 0.25) is 5.02 Å². The van der Waals surface area contributed by atoms with Crippen molar-refractivity contribution in [1.29, 1.82) is 0 Å². The van der Waals surface area contributed by atoms with Gasteiger partial charge in [-0.3, -0.25) is 20.4 Å². The van der Waals surface area contributed by atoms with Crippen LogP contribution in [0.4, 0.5) is 0 Å². The summed E-state index contributed by atoms with van der Waals surface area (Å²) in [7, 11) is 0. The summed E-state index contributed by atoms with van der Waals surface area (Å²) in [6.45, 7) is 5.31. The molecule has 2 aromatic carbocycles. The number of carbonyl (C=O) groups excluding carboxylic acids is 2. The van der Waals surface area contributed by atoms with Crippen LogP contribution in [-0.2, 0) is 16.0 Å². The highest BCUT2D eigenvalue weighted by molar-refractivity contribution is 6.31. The fraction of sp³-hybridized carbons (Fsp3) is 0.261. The van der Waals surface area contributed by atoms with Crippen LogP contribution in [0.3, 0.4) is 0 Å². The summed E-state index contributed by atoms with van der Waals surface area (Å²) in [5.41, 5.74) is 7.73. The Labute approximate surface area is 184 Å². The van der Waals surface area contributed by atoms with Crippen LogP contribution in [0.25, 0.3) is 11.0 Å². The second-order valence-electron chi connectivity index (χ2n) is 7.29. The van der Waals surface area contributed by atoms with Crippen LogP contribution >= 0.6 is 11.6 Å². The van der Waals surface area contributed by atoms with E-state index < -0.39 is 17.4 Å². The van der Waals surface area contributed by atoms with E-state index in [1.807, 2.05) is 39.0 Å². The summed E-state index contributed by atoms with van der Waals surface area (Å²) in [6, 6.07) is 10.7. The molecule has 0 spiro atoms. The largest absolute Gasteiger partial charge is 0.484 e. The fourth-order valence-corrected chi connectivity index (χ4v) is 3.24.